The summed E-state index contributed by atoms with van der Waals surface area (Å²) < 4.78 is 5.93. The van der Waals surface area contributed by atoms with Gasteiger partial charge in [0.05, 0.1) is 16.4 Å². The molecule has 2 aromatic carbocycles. The van der Waals surface area contributed by atoms with Crippen LogP contribution in [0.1, 0.15) is 22.8 Å². The number of carbonyl (C=O) groups is 1. The third-order valence-electron chi connectivity index (χ3n) is 2.87. The lowest BCUT2D eigenvalue weighted by atomic mass is 10.2. The van der Waals surface area contributed by atoms with Crippen LogP contribution in [0.2, 0.25) is 0 Å². The van der Waals surface area contributed by atoms with Crippen LogP contribution in [0.5, 0.6) is 17.2 Å². The second kappa shape index (κ2) is 7.82. The molecule has 0 saturated carbocycles. The Balaban J connectivity index is 2.04. The van der Waals surface area contributed by atoms with Crippen LogP contribution < -0.4 is 10.2 Å². The Morgan fingerprint density at radius 1 is 1.26 bits per heavy atom. The molecule has 0 aromatic heterocycles. The Bertz CT molecular complexity index is 747. The van der Waals surface area contributed by atoms with E-state index in [2.05, 4.69) is 10.5 Å². The molecule has 2 rings (SSSR count). The summed E-state index contributed by atoms with van der Waals surface area (Å²) >= 11 is 1.97. The largest absolute Gasteiger partial charge is 0.507 e. The molecule has 3 N–H and O–H groups in total. The molecule has 1 amide bonds. The van der Waals surface area contributed by atoms with Gasteiger partial charge in [-0.2, -0.15) is 5.10 Å². The van der Waals surface area contributed by atoms with E-state index in [1.807, 2.05) is 29.5 Å². The van der Waals surface area contributed by atoms with Crippen molar-refractivity contribution in [2.24, 2.45) is 5.10 Å². The van der Waals surface area contributed by atoms with Gasteiger partial charge in [0.25, 0.3) is 5.91 Å². The molecule has 6 nitrogen and oxygen atoms in total. The first kappa shape index (κ1) is 17.1. The van der Waals surface area contributed by atoms with E-state index in [9.17, 15) is 15.0 Å². The molecule has 0 saturated heterocycles. The number of benzene rings is 2. The molecule has 0 spiro atoms. The van der Waals surface area contributed by atoms with E-state index in [-0.39, 0.29) is 11.5 Å². The maximum Gasteiger partial charge on any atom is 0.271 e. The molecule has 0 atom stereocenters. The van der Waals surface area contributed by atoms with Gasteiger partial charge in [0.2, 0.25) is 0 Å². The Hall–Kier alpha value is -2.29. The molecule has 0 aliphatic heterocycles. The van der Waals surface area contributed by atoms with E-state index in [0.717, 1.165) is 0 Å². The molecule has 0 fully saturated rings. The van der Waals surface area contributed by atoms with E-state index in [1.165, 1.54) is 18.3 Å². The molecule has 0 unspecified atom stereocenters. The monoisotopic (exact) mass is 426 g/mol. The molecule has 120 valence electrons. The summed E-state index contributed by atoms with van der Waals surface area (Å²) in [6.45, 7) is 2.25. The number of hydrogen-bond acceptors (Lipinski definition) is 5. The molecule has 7 heteroatoms. The minimum absolute atomic E-state index is 0.0436. The normalized spacial score (nSPS) is 10.7. The minimum atomic E-state index is -0.434. The van der Waals surface area contributed by atoms with Crippen molar-refractivity contribution < 1.29 is 19.7 Å². The first-order chi connectivity index (χ1) is 11.0. The van der Waals surface area contributed by atoms with Crippen molar-refractivity contribution in [2.45, 2.75) is 6.92 Å². The number of phenolic OH excluding ortho intramolecular Hbond substituents is 2. The molecule has 2 aromatic rings. The Morgan fingerprint density at radius 2 is 2.04 bits per heavy atom. The van der Waals surface area contributed by atoms with E-state index in [1.54, 1.807) is 24.3 Å². The lowest BCUT2D eigenvalue weighted by Gasteiger charge is -2.06. The minimum Gasteiger partial charge on any atom is -0.507 e. The second-order valence-electron chi connectivity index (χ2n) is 4.53. The fourth-order valence-electron chi connectivity index (χ4n) is 1.77. The summed E-state index contributed by atoms with van der Waals surface area (Å²) in [6, 6.07) is 9.37. The van der Waals surface area contributed by atoms with Crippen molar-refractivity contribution in [1.29, 1.82) is 0 Å². The zero-order valence-corrected chi connectivity index (χ0v) is 14.4. The highest BCUT2D eigenvalue weighted by molar-refractivity contribution is 14.1. The number of halogens is 1. The van der Waals surface area contributed by atoms with Crippen molar-refractivity contribution in [2.75, 3.05) is 6.61 Å². The van der Waals surface area contributed by atoms with Crippen molar-refractivity contribution >= 4 is 34.7 Å². The summed E-state index contributed by atoms with van der Waals surface area (Å²) in [7, 11) is 0. The number of aromatic hydroxyl groups is 2. The van der Waals surface area contributed by atoms with Crippen LogP contribution in [0.15, 0.2) is 41.5 Å². The number of hydrogen-bond donors (Lipinski definition) is 3. The summed E-state index contributed by atoms with van der Waals surface area (Å²) in [5.74, 6) is 0.00612. The number of nitrogens with one attached hydrogen (secondary N) is 1. The number of rotatable bonds is 5. The van der Waals surface area contributed by atoms with Gasteiger partial charge in [-0.1, -0.05) is 0 Å². The lowest BCUT2D eigenvalue weighted by Crippen LogP contribution is -2.17. The molecule has 0 bridgehead atoms. The van der Waals surface area contributed by atoms with E-state index < -0.39 is 5.91 Å². The van der Waals surface area contributed by atoms with Crippen LogP contribution in [-0.2, 0) is 0 Å². The highest BCUT2D eigenvalue weighted by Gasteiger charge is 2.07. The van der Waals surface area contributed by atoms with Crippen molar-refractivity contribution in [3.05, 3.63) is 51.1 Å². The predicted octanol–water partition coefficient (Wildman–Crippen LogP) is 2.87. The maximum atomic E-state index is 11.9. The van der Waals surface area contributed by atoms with Crippen molar-refractivity contribution in [3.8, 4) is 17.2 Å². The molecular formula is C16H15IN2O4. The first-order valence-corrected chi connectivity index (χ1v) is 7.87. The molecular weight excluding hydrogens is 411 g/mol. The number of amides is 1. The van der Waals surface area contributed by atoms with Crippen LogP contribution in [0.3, 0.4) is 0 Å². The molecule has 0 heterocycles. The summed E-state index contributed by atoms with van der Waals surface area (Å²) in [4.78, 5) is 11.9. The average molecular weight is 426 g/mol. The van der Waals surface area contributed by atoms with E-state index >= 15 is 0 Å². The van der Waals surface area contributed by atoms with Crippen molar-refractivity contribution in [3.63, 3.8) is 0 Å². The van der Waals surface area contributed by atoms with Gasteiger partial charge in [0, 0.05) is 5.56 Å². The second-order valence-corrected chi connectivity index (χ2v) is 5.69. The zero-order valence-electron chi connectivity index (χ0n) is 12.3. The highest BCUT2D eigenvalue weighted by Crippen LogP contribution is 2.26. The predicted molar refractivity (Wildman–Crippen MR) is 95.2 cm³/mol. The van der Waals surface area contributed by atoms with Gasteiger partial charge in [-0.25, -0.2) is 5.43 Å². The fourth-order valence-corrected chi connectivity index (χ4v) is 2.10. The van der Waals surface area contributed by atoms with Crippen LogP contribution in [-0.4, -0.2) is 28.9 Å². The Labute approximate surface area is 146 Å². The zero-order chi connectivity index (χ0) is 16.8. The van der Waals surface area contributed by atoms with Gasteiger partial charge in [-0.05, 0) is 71.5 Å². The van der Waals surface area contributed by atoms with Crippen LogP contribution >= 0.6 is 22.6 Å². The van der Waals surface area contributed by atoms with Gasteiger partial charge in [-0.3, -0.25) is 4.79 Å². The van der Waals surface area contributed by atoms with Crippen LogP contribution in [0, 0.1) is 3.57 Å². The maximum absolute atomic E-state index is 11.9. The van der Waals surface area contributed by atoms with Crippen LogP contribution in [0.25, 0.3) is 0 Å². The summed E-state index contributed by atoms with van der Waals surface area (Å²) in [5, 5.41) is 23.1. The third-order valence-corrected chi connectivity index (χ3v) is 3.78. The number of hydrazone groups is 1. The van der Waals surface area contributed by atoms with Crippen LogP contribution in [0.4, 0.5) is 0 Å². The van der Waals surface area contributed by atoms with Gasteiger partial charge in [-0.15, -0.1) is 0 Å². The molecule has 0 aliphatic rings. The number of carbonyl (C=O) groups excluding carboxylic acids is 1. The quantitative estimate of drug-likeness (QED) is 0.390. The van der Waals surface area contributed by atoms with E-state index in [4.69, 9.17) is 4.74 Å². The smallest absolute Gasteiger partial charge is 0.271 e. The highest BCUT2D eigenvalue weighted by atomic mass is 127. The first-order valence-electron chi connectivity index (χ1n) is 6.79. The summed E-state index contributed by atoms with van der Waals surface area (Å²) in [5.41, 5.74) is 3.34. The molecule has 0 aliphatic carbocycles. The Kier molecular flexibility index (Phi) is 5.80. The number of phenols is 2. The van der Waals surface area contributed by atoms with Gasteiger partial charge in [0.15, 0.2) is 11.5 Å². The topological polar surface area (TPSA) is 91.2 Å². The number of ether oxygens (including phenoxy) is 1. The average Bonchev–Trinajstić information content (AvgIpc) is 2.53. The van der Waals surface area contributed by atoms with E-state index in [0.29, 0.717) is 27.1 Å². The fraction of sp³-hybridized carbons (Fsp3) is 0.125. The molecule has 0 radical (unpaired) electrons. The SMILES string of the molecule is CCOc1cc(C=NNC(=O)c2ccc(I)c(O)c2)ccc1O. The summed E-state index contributed by atoms with van der Waals surface area (Å²) in [6.07, 6.45) is 1.44. The Morgan fingerprint density at radius 3 is 2.74 bits per heavy atom. The third kappa shape index (κ3) is 4.59. The molecule has 23 heavy (non-hydrogen) atoms. The van der Waals surface area contributed by atoms with Gasteiger partial charge < -0.3 is 14.9 Å². The van der Waals surface area contributed by atoms with Gasteiger partial charge >= 0.3 is 0 Å². The van der Waals surface area contributed by atoms with Crippen molar-refractivity contribution in [1.82, 2.24) is 5.43 Å². The number of nitrogens with zero attached hydrogens (tertiary/aromatic N) is 1. The van der Waals surface area contributed by atoms with Gasteiger partial charge in [0.1, 0.15) is 5.75 Å². The standard InChI is InChI=1S/C16H15IN2O4/c1-2-23-15-7-10(3-6-13(15)20)9-18-19-16(22)11-4-5-12(17)14(21)8-11/h3-9,20-21H,2H2,1H3,(H,19,22). The lowest BCUT2D eigenvalue weighted by molar-refractivity contribution is 0.0954.